The van der Waals surface area contributed by atoms with E-state index in [0.717, 1.165) is 18.8 Å². The molecule has 0 bridgehead atoms. The summed E-state index contributed by atoms with van der Waals surface area (Å²) in [4.78, 5) is 10.8. The van der Waals surface area contributed by atoms with E-state index in [4.69, 9.17) is 0 Å². The number of aliphatic hydroxyl groups is 1. The van der Waals surface area contributed by atoms with Crippen molar-refractivity contribution in [1.29, 1.82) is 0 Å². The van der Waals surface area contributed by atoms with E-state index in [0.29, 0.717) is 12.3 Å². The first-order valence-corrected chi connectivity index (χ1v) is 6.09. The number of rotatable bonds is 8. The highest BCUT2D eigenvalue weighted by Gasteiger charge is 2.12. The van der Waals surface area contributed by atoms with Crippen LogP contribution in [0.4, 0.5) is 0 Å². The summed E-state index contributed by atoms with van der Waals surface area (Å²) in [7, 11) is 0. The summed E-state index contributed by atoms with van der Waals surface area (Å²) in [5.74, 6) is 1.37. The maximum absolute atomic E-state index is 10.8. The van der Waals surface area contributed by atoms with Gasteiger partial charge in [-0.15, -0.1) is 0 Å². The number of carbonyl (C=O) groups is 1. The number of Topliss-reactive ketones (excluding diaryl/α,β-unsaturated/α-hetero) is 1. The molecule has 0 rings (SSSR count). The topological polar surface area (TPSA) is 37.3 Å². The first-order chi connectivity index (χ1) is 6.91. The maximum Gasteiger partial charge on any atom is 0.132 e. The smallest absolute Gasteiger partial charge is 0.132 e. The van der Waals surface area contributed by atoms with E-state index in [9.17, 15) is 9.90 Å². The highest BCUT2D eigenvalue weighted by atomic mass is 16.3. The Hall–Kier alpha value is -0.370. The van der Waals surface area contributed by atoms with E-state index in [1.165, 1.54) is 19.8 Å². The van der Waals surface area contributed by atoms with Gasteiger partial charge < -0.3 is 5.11 Å². The van der Waals surface area contributed by atoms with Crippen LogP contribution in [0.3, 0.4) is 0 Å². The molecular weight excluding hydrogens is 188 g/mol. The molecule has 15 heavy (non-hydrogen) atoms. The van der Waals surface area contributed by atoms with Crippen LogP contribution >= 0.6 is 0 Å². The van der Waals surface area contributed by atoms with Crippen molar-refractivity contribution in [3.8, 4) is 0 Å². The minimum absolute atomic E-state index is 0.0804. The molecule has 0 aromatic rings. The molecule has 2 unspecified atom stereocenters. The average molecular weight is 214 g/mol. The number of ketones is 1. The number of carbonyl (C=O) groups excluding carboxylic acids is 1. The summed E-state index contributed by atoms with van der Waals surface area (Å²) in [6.45, 7) is 8.15. The maximum atomic E-state index is 10.8. The van der Waals surface area contributed by atoms with Crippen LogP contribution in [-0.2, 0) is 4.79 Å². The zero-order valence-electron chi connectivity index (χ0n) is 10.6. The molecule has 0 aliphatic heterocycles. The van der Waals surface area contributed by atoms with Crippen LogP contribution in [0, 0.1) is 11.8 Å². The standard InChI is InChI=1S/C13H26O2/c1-10(2)6-5-7-11(3)8-13(15)9-12(4)14/h10-11,13,15H,5-9H2,1-4H3. The highest BCUT2D eigenvalue weighted by Crippen LogP contribution is 2.17. The molecule has 0 amide bonds. The van der Waals surface area contributed by atoms with Crippen molar-refractivity contribution in [2.75, 3.05) is 0 Å². The molecule has 0 fully saturated rings. The Morgan fingerprint density at radius 2 is 1.80 bits per heavy atom. The predicted molar refractivity (Wildman–Crippen MR) is 63.8 cm³/mol. The molecule has 2 heteroatoms. The van der Waals surface area contributed by atoms with Gasteiger partial charge in [-0.1, -0.05) is 40.0 Å². The quantitative estimate of drug-likeness (QED) is 0.674. The summed E-state index contributed by atoms with van der Waals surface area (Å²) >= 11 is 0. The zero-order chi connectivity index (χ0) is 11.8. The molecule has 2 atom stereocenters. The van der Waals surface area contributed by atoms with Gasteiger partial charge in [-0.25, -0.2) is 0 Å². The van der Waals surface area contributed by atoms with Crippen molar-refractivity contribution in [2.24, 2.45) is 11.8 Å². The van der Waals surface area contributed by atoms with Gasteiger partial charge >= 0.3 is 0 Å². The second kappa shape index (κ2) is 7.86. The molecule has 90 valence electrons. The van der Waals surface area contributed by atoms with Gasteiger partial charge in [0, 0.05) is 6.42 Å². The van der Waals surface area contributed by atoms with Crippen LogP contribution in [0.2, 0.25) is 0 Å². The van der Waals surface area contributed by atoms with Crippen LogP contribution in [0.1, 0.15) is 59.8 Å². The lowest BCUT2D eigenvalue weighted by molar-refractivity contribution is -0.119. The Morgan fingerprint density at radius 3 is 2.27 bits per heavy atom. The molecule has 0 heterocycles. The monoisotopic (exact) mass is 214 g/mol. The first kappa shape index (κ1) is 14.6. The van der Waals surface area contributed by atoms with Crippen molar-refractivity contribution in [3.05, 3.63) is 0 Å². The molecule has 0 radical (unpaired) electrons. The molecule has 0 aliphatic rings. The molecule has 0 aliphatic carbocycles. The Bertz CT molecular complexity index is 175. The molecule has 0 aromatic carbocycles. The van der Waals surface area contributed by atoms with Gasteiger partial charge in [0.05, 0.1) is 6.10 Å². The minimum Gasteiger partial charge on any atom is -0.393 e. The van der Waals surface area contributed by atoms with Gasteiger partial charge in [0.1, 0.15) is 5.78 Å². The van der Waals surface area contributed by atoms with Crippen LogP contribution < -0.4 is 0 Å². The van der Waals surface area contributed by atoms with E-state index < -0.39 is 6.10 Å². The van der Waals surface area contributed by atoms with Gasteiger partial charge in [-0.05, 0) is 25.2 Å². The predicted octanol–water partition coefficient (Wildman–Crippen LogP) is 3.18. The normalized spacial score (nSPS) is 15.3. The van der Waals surface area contributed by atoms with Crippen LogP contribution in [0.5, 0.6) is 0 Å². The van der Waals surface area contributed by atoms with Crippen LogP contribution in [0.15, 0.2) is 0 Å². The SMILES string of the molecule is CC(=O)CC(O)CC(C)CCCC(C)C. The van der Waals surface area contributed by atoms with Crippen LogP contribution in [-0.4, -0.2) is 17.0 Å². The molecule has 0 aromatic heterocycles. The van der Waals surface area contributed by atoms with Gasteiger partial charge in [0.2, 0.25) is 0 Å². The van der Waals surface area contributed by atoms with E-state index in [1.807, 2.05) is 0 Å². The fourth-order valence-corrected chi connectivity index (χ4v) is 1.87. The third kappa shape index (κ3) is 9.92. The highest BCUT2D eigenvalue weighted by molar-refractivity contribution is 5.75. The van der Waals surface area contributed by atoms with Gasteiger partial charge in [-0.2, -0.15) is 0 Å². The molecule has 0 saturated carbocycles. The summed E-state index contributed by atoms with van der Waals surface area (Å²) in [6, 6.07) is 0. The lowest BCUT2D eigenvalue weighted by Crippen LogP contribution is -2.15. The second-order valence-electron chi connectivity index (χ2n) is 5.23. The summed E-state index contributed by atoms with van der Waals surface area (Å²) in [5.41, 5.74) is 0. The van der Waals surface area contributed by atoms with Gasteiger partial charge in [0.25, 0.3) is 0 Å². The van der Waals surface area contributed by atoms with E-state index in [-0.39, 0.29) is 5.78 Å². The molecule has 0 saturated heterocycles. The fourth-order valence-electron chi connectivity index (χ4n) is 1.87. The minimum atomic E-state index is -0.434. The molecular formula is C13H26O2. The Balaban J connectivity index is 3.55. The Kier molecular flexibility index (Phi) is 7.67. The lowest BCUT2D eigenvalue weighted by Gasteiger charge is -2.15. The van der Waals surface area contributed by atoms with E-state index >= 15 is 0 Å². The number of hydrogen-bond donors (Lipinski definition) is 1. The summed E-state index contributed by atoms with van der Waals surface area (Å²) < 4.78 is 0. The van der Waals surface area contributed by atoms with Gasteiger partial charge in [0.15, 0.2) is 0 Å². The lowest BCUT2D eigenvalue weighted by atomic mass is 9.94. The van der Waals surface area contributed by atoms with Crippen LogP contribution in [0.25, 0.3) is 0 Å². The van der Waals surface area contributed by atoms with Gasteiger partial charge in [-0.3, -0.25) is 4.79 Å². The largest absolute Gasteiger partial charge is 0.393 e. The summed E-state index contributed by atoms with van der Waals surface area (Å²) in [6.07, 6.45) is 4.29. The zero-order valence-corrected chi connectivity index (χ0v) is 10.6. The van der Waals surface area contributed by atoms with E-state index in [2.05, 4.69) is 20.8 Å². The molecule has 1 N–H and O–H groups in total. The Morgan fingerprint density at radius 1 is 1.20 bits per heavy atom. The Labute approximate surface area is 94.1 Å². The van der Waals surface area contributed by atoms with Crippen molar-refractivity contribution in [2.45, 2.75) is 65.9 Å². The first-order valence-electron chi connectivity index (χ1n) is 6.09. The summed E-state index contributed by atoms with van der Waals surface area (Å²) in [5, 5.41) is 9.58. The fraction of sp³-hybridized carbons (Fsp3) is 0.923. The third-order valence-corrected chi connectivity index (χ3v) is 2.68. The number of hydrogen-bond acceptors (Lipinski definition) is 2. The van der Waals surface area contributed by atoms with Crippen molar-refractivity contribution < 1.29 is 9.90 Å². The second-order valence-corrected chi connectivity index (χ2v) is 5.23. The van der Waals surface area contributed by atoms with Crippen molar-refractivity contribution in [1.82, 2.24) is 0 Å². The van der Waals surface area contributed by atoms with Crippen molar-refractivity contribution in [3.63, 3.8) is 0 Å². The average Bonchev–Trinajstić information content (AvgIpc) is 2.00. The molecule has 0 spiro atoms. The molecule has 2 nitrogen and oxygen atoms in total. The third-order valence-electron chi connectivity index (χ3n) is 2.68. The van der Waals surface area contributed by atoms with Crippen molar-refractivity contribution >= 4 is 5.78 Å². The number of aliphatic hydroxyl groups excluding tert-OH is 1. The van der Waals surface area contributed by atoms with E-state index in [1.54, 1.807) is 0 Å².